The second-order valence-electron chi connectivity index (χ2n) is 12.8. The molecule has 0 saturated carbocycles. The summed E-state index contributed by atoms with van der Waals surface area (Å²) >= 11 is 0. The van der Waals surface area contributed by atoms with Crippen LogP contribution in [0.3, 0.4) is 0 Å². The zero-order valence-electron chi connectivity index (χ0n) is 31.5. The van der Waals surface area contributed by atoms with E-state index in [-0.39, 0.29) is 31.6 Å². The molecule has 0 aromatic rings. The maximum absolute atomic E-state index is 12.5. The van der Waals surface area contributed by atoms with Crippen molar-refractivity contribution < 1.29 is 23.8 Å². The van der Waals surface area contributed by atoms with Crippen LogP contribution in [-0.4, -0.2) is 37.9 Å². The lowest BCUT2D eigenvalue weighted by Gasteiger charge is -2.18. The zero-order valence-corrected chi connectivity index (χ0v) is 31.5. The number of hydrogen-bond acceptors (Lipinski definition) is 5. The van der Waals surface area contributed by atoms with Gasteiger partial charge in [0, 0.05) is 13.0 Å². The van der Waals surface area contributed by atoms with Gasteiger partial charge in [0.05, 0.1) is 13.0 Å². The van der Waals surface area contributed by atoms with Gasteiger partial charge >= 0.3 is 11.9 Å². The van der Waals surface area contributed by atoms with Crippen molar-refractivity contribution in [1.29, 1.82) is 0 Å². The highest BCUT2D eigenvalue weighted by Crippen LogP contribution is 2.12. The minimum Gasteiger partial charge on any atom is -0.461 e. The first kappa shape index (κ1) is 45.6. The fourth-order valence-corrected chi connectivity index (χ4v) is 5.17. The van der Waals surface area contributed by atoms with Crippen molar-refractivity contribution in [2.75, 3.05) is 19.8 Å². The van der Waals surface area contributed by atoms with E-state index in [1.54, 1.807) is 0 Å². The normalized spacial score (nSPS) is 12.8. The number of carbonyl (C=O) groups excluding carboxylic acids is 2. The van der Waals surface area contributed by atoms with Crippen molar-refractivity contribution in [3.63, 3.8) is 0 Å². The molecule has 0 fully saturated rings. The molecule has 5 nitrogen and oxygen atoms in total. The minimum absolute atomic E-state index is 0.0313. The molecule has 0 aromatic heterocycles. The van der Waals surface area contributed by atoms with Crippen molar-refractivity contribution in [2.24, 2.45) is 0 Å². The Kier molecular flexibility index (Phi) is 37.1. The van der Waals surface area contributed by atoms with E-state index in [1.807, 2.05) is 12.2 Å². The Bertz CT molecular complexity index is 853. The third-order valence-corrected chi connectivity index (χ3v) is 8.10. The fraction of sp³-hybridized carbons (Fsp3) is 0.721. The number of unbranched alkanes of at least 4 members (excludes halogenated alkanes) is 15. The molecule has 0 saturated heterocycles. The molecule has 0 heterocycles. The van der Waals surface area contributed by atoms with Crippen molar-refractivity contribution >= 4 is 11.9 Å². The highest BCUT2D eigenvalue weighted by molar-refractivity contribution is 5.71. The van der Waals surface area contributed by atoms with E-state index in [1.165, 1.54) is 77.0 Å². The summed E-state index contributed by atoms with van der Waals surface area (Å²) in [5.74, 6) is -0.558. The van der Waals surface area contributed by atoms with Gasteiger partial charge in [0.25, 0.3) is 0 Å². The highest BCUT2D eigenvalue weighted by atomic mass is 16.6. The molecule has 0 aliphatic heterocycles. The van der Waals surface area contributed by atoms with Gasteiger partial charge in [0.1, 0.15) is 6.61 Å². The molecule has 276 valence electrons. The SMILES string of the molecule is CC/C=C\C/C=C\C/C=C\C/C=C\C/C=C\CC(=O)OCC(COCCCCCCCCCCCCCC)OC(=O)CCCCCCC. The van der Waals surface area contributed by atoms with E-state index < -0.39 is 6.10 Å². The summed E-state index contributed by atoms with van der Waals surface area (Å²) < 4.78 is 17.0. The number of ether oxygens (including phenoxy) is 3. The van der Waals surface area contributed by atoms with Crippen LogP contribution in [0.1, 0.15) is 175 Å². The van der Waals surface area contributed by atoms with Crippen LogP contribution >= 0.6 is 0 Å². The van der Waals surface area contributed by atoms with Gasteiger partial charge in [-0.3, -0.25) is 9.59 Å². The molecule has 1 atom stereocenters. The number of carbonyl (C=O) groups is 2. The van der Waals surface area contributed by atoms with E-state index in [9.17, 15) is 9.59 Å². The summed E-state index contributed by atoms with van der Waals surface area (Å²) in [6, 6.07) is 0. The lowest BCUT2D eigenvalue weighted by molar-refractivity contribution is -0.162. The molecule has 0 radical (unpaired) electrons. The summed E-state index contributed by atoms with van der Waals surface area (Å²) in [6.07, 6.45) is 46.9. The molecular formula is C43H74O5. The third kappa shape index (κ3) is 36.4. The summed E-state index contributed by atoms with van der Waals surface area (Å²) in [4.78, 5) is 24.8. The van der Waals surface area contributed by atoms with Gasteiger partial charge in [-0.25, -0.2) is 0 Å². The van der Waals surface area contributed by atoms with Crippen molar-refractivity contribution in [3.8, 4) is 0 Å². The van der Waals surface area contributed by atoms with E-state index >= 15 is 0 Å². The molecule has 48 heavy (non-hydrogen) atoms. The Morgan fingerprint density at radius 3 is 1.42 bits per heavy atom. The minimum atomic E-state index is -0.567. The second-order valence-corrected chi connectivity index (χ2v) is 12.8. The monoisotopic (exact) mass is 671 g/mol. The first-order valence-electron chi connectivity index (χ1n) is 19.8. The lowest BCUT2D eigenvalue weighted by atomic mass is 10.1. The molecule has 0 spiro atoms. The maximum atomic E-state index is 12.5. The summed E-state index contributed by atoms with van der Waals surface area (Å²) in [7, 11) is 0. The summed E-state index contributed by atoms with van der Waals surface area (Å²) in [6.45, 7) is 7.52. The molecule has 0 N–H and O–H groups in total. The molecule has 1 unspecified atom stereocenters. The largest absolute Gasteiger partial charge is 0.461 e. The Hall–Kier alpha value is -2.40. The number of hydrogen-bond donors (Lipinski definition) is 0. The molecule has 0 aliphatic rings. The van der Waals surface area contributed by atoms with Gasteiger partial charge in [-0.15, -0.1) is 0 Å². The van der Waals surface area contributed by atoms with Gasteiger partial charge in [-0.2, -0.15) is 0 Å². The topological polar surface area (TPSA) is 61.8 Å². The van der Waals surface area contributed by atoms with Gasteiger partial charge in [0.15, 0.2) is 6.10 Å². The predicted molar refractivity (Wildman–Crippen MR) is 205 cm³/mol. The Balaban J connectivity index is 4.25. The maximum Gasteiger partial charge on any atom is 0.309 e. The average molecular weight is 671 g/mol. The molecule has 0 bridgehead atoms. The quantitative estimate of drug-likeness (QED) is 0.0381. The van der Waals surface area contributed by atoms with Crippen LogP contribution < -0.4 is 0 Å². The summed E-state index contributed by atoms with van der Waals surface area (Å²) in [5.41, 5.74) is 0. The molecule has 0 aliphatic carbocycles. The molecule has 0 aromatic carbocycles. The second kappa shape index (κ2) is 39.0. The van der Waals surface area contributed by atoms with Crippen LogP contribution in [-0.2, 0) is 23.8 Å². The van der Waals surface area contributed by atoms with Crippen LogP contribution in [0.4, 0.5) is 0 Å². The van der Waals surface area contributed by atoms with Crippen LogP contribution in [0.5, 0.6) is 0 Å². The molecule has 5 heteroatoms. The van der Waals surface area contributed by atoms with Gasteiger partial charge in [-0.1, -0.05) is 178 Å². The molecule has 0 amide bonds. The van der Waals surface area contributed by atoms with E-state index in [0.29, 0.717) is 13.0 Å². The third-order valence-electron chi connectivity index (χ3n) is 8.10. The number of allylic oxidation sites excluding steroid dienone is 9. The van der Waals surface area contributed by atoms with E-state index in [0.717, 1.165) is 64.2 Å². The van der Waals surface area contributed by atoms with Crippen LogP contribution in [0.25, 0.3) is 0 Å². The lowest BCUT2D eigenvalue weighted by Crippen LogP contribution is -2.30. The van der Waals surface area contributed by atoms with Gasteiger partial charge < -0.3 is 14.2 Å². The van der Waals surface area contributed by atoms with Crippen molar-refractivity contribution in [1.82, 2.24) is 0 Å². The van der Waals surface area contributed by atoms with Crippen molar-refractivity contribution in [2.45, 2.75) is 181 Å². The van der Waals surface area contributed by atoms with Gasteiger partial charge in [0.2, 0.25) is 0 Å². The van der Waals surface area contributed by atoms with E-state index in [4.69, 9.17) is 14.2 Å². The van der Waals surface area contributed by atoms with Crippen LogP contribution in [0.15, 0.2) is 60.8 Å². The van der Waals surface area contributed by atoms with Crippen LogP contribution in [0.2, 0.25) is 0 Å². The highest BCUT2D eigenvalue weighted by Gasteiger charge is 2.17. The molecular weight excluding hydrogens is 596 g/mol. The van der Waals surface area contributed by atoms with Crippen LogP contribution in [0, 0.1) is 0 Å². The number of rotatable bonds is 35. The van der Waals surface area contributed by atoms with E-state index in [2.05, 4.69) is 69.4 Å². The Labute approximate surface area is 296 Å². The van der Waals surface area contributed by atoms with Gasteiger partial charge in [-0.05, 0) is 44.9 Å². The Morgan fingerprint density at radius 1 is 0.479 bits per heavy atom. The summed E-state index contributed by atoms with van der Waals surface area (Å²) in [5, 5.41) is 0. The molecule has 0 rings (SSSR count). The zero-order chi connectivity index (χ0) is 35.0. The first-order chi connectivity index (χ1) is 23.6. The Morgan fingerprint density at radius 2 is 0.917 bits per heavy atom. The first-order valence-corrected chi connectivity index (χ1v) is 19.8. The fourth-order valence-electron chi connectivity index (χ4n) is 5.17. The predicted octanol–water partition coefficient (Wildman–Crippen LogP) is 12.7. The number of esters is 2. The smallest absolute Gasteiger partial charge is 0.309 e. The van der Waals surface area contributed by atoms with Crippen molar-refractivity contribution in [3.05, 3.63) is 60.8 Å². The average Bonchev–Trinajstić information content (AvgIpc) is 3.08. The standard InChI is InChI=1S/C43H74O5/c1-4-7-10-13-15-17-19-21-22-23-24-26-28-31-33-36-42(44)47-40-41(48-43(45)37-34-30-12-9-6-3)39-46-38-35-32-29-27-25-20-18-16-14-11-8-5-2/h7,10,15,17,21-22,24,26,31,33,41H,4-6,8-9,11-14,16,18-20,23,25,27-30,32,34-40H2,1-3H3/b10-7-,17-15-,22-21-,26-24-,33-31-.